The standard InChI is InChI=1S/C22H18N2O2S/c25-21(14-26-15-22-24-19-8-4-5-9-20(19)27-22)23-18-12-10-17(11-13-18)16-6-2-1-3-7-16/h1-13H,14-15H2,(H,23,25). The van der Waals surface area contributed by atoms with Gasteiger partial charge in [0.25, 0.3) is 0 Å². The zero-order valence-corrected chi connectivity index (χ0v) is 15.4. The highest BCUT2D eigenvalue weighted by Gasteiger charge is 2.06. The minimum absolute atomic E-state index is 0.00361. The molecule has 1 aromatic heterocycles. The van der Waals surface area contributed by atoms with E-state index in [-0.39, 0.29) is 12.5 Å². The largest absolute Gasteiger partial charge is 0.364 e. The average Bonchev–Trinajstić information content (AvgIpc) is 3.12. The highest BCUT2D eigenvalue weighted by Crippen LogP contribution is 2.22. The quantitative estimate of drug-likeness (QED) is 0.510. The number of aromatic nitrogens is 1. The molecule has 1 heterocycles. The van der Waals surface area contributed by atoms with Crippen LogP contribution in [0.5, 0.6) is 0 Å². The first kappa shape index (κ1) is 17.4. The smallest absolute Gasteiger partial charge is 0.250 e. The maximum absolute atomic E-state index is 12.1. The normalized spacial score (nSPS) is 10.8. The van der Waals surface area contributed by atoms with Gasteiger partial charge in [0.15, 0.2) is 0 Å². The van der Waals surface area contributed by atoms with Crippen LogP contribution < -0.4 is 5.32 Å². The molecule has 4 aromatic rings. The van der Waals surface area contributed by atoms with E-state index in [2.05, 4.69) is 22.4 Å². The second kappa shape index (κ2) is 8.12. The molecule has 0 aliphatic heterocycles. The highest BCUT2D eigenvalue weighted by atomic mass is 32.1. The molecular weight excluding hydrogens is 356 g/mol. The number of carbonyl (C=O) groups is 1. The number of rotatable bonds is 6. The summed E-state index contributed by atoms with van der Waals surface area (Å²) in [5, 5.41) is 3.72. The van der Waals surface area contributed by atoms with Crippen LogP contribution in [0.1, 0.15) is 5.01 Å². The molecule has 1 N–H and O–H groups in total. The fourth-order valence-corrected chi connectivity index (χ4v) is 3.69. The Labute approximate surface area is 161 Å². The zero-order chi connectivity index (χ0) is 18.5. The second-order valence-corrected chi connectivity index (χ2v) is 7.17. The van der Waals surface area contributed by atoms with Crippen molar-refractivity contribution in [3.63, 3.8) is 0 Å². The van der Waals surface area contributed by atoms with Crippen molar-refractivity contribution in [2.45, 2.75) is 6.61 Å². The highest BCUT2D eigenvalue weighted by molar-refractivity contribution is 7.18. The number of para-hydroxylation sites is 1. The Morgan fingerprint density at radius 2 is 1.59 bits per heavy atom. The third-order valence-corrected chi connectivity index (χ3v) is 5.08. The number of carbonyl (C=O) groups excluding carboxylic acids is 1. The maximum Gasteiger partial charge on any atom is 0.250 e. The van der Waals surface area contributed by atoms with Gasteiger partial charge in [-0.15, -0.1) is 11.3 Å². The number of amides is 1. The van der Waals surface area contributed by atoms with Crippen molar-refractivity contribution in [3.05, 3.63) is 83.9 Å². The molecule has 0 radical (unpaired) electrons. The van der Waals surface area contributed by atoms with Gasteiger partial charge in [0.05, 0.1) is 16.8 Å². The van der Waals surface area contributed by atoms with E-state index < -0.39 is 0 Å². The summed E-state index contributed by atoms with van der Waals surface area (Å²) >= 11 is 1.58. The maximum atomic E-state index is 12.1. The van der Waals surface area contributed by atoms with E-state index >= 15 is 0 Å². The molecule has 0 atom stereocenters. The summed E-state index contributed by atoms with van der Waals surface area (Å²) in [5.41, 5.74) is 3.97. The summed E-state index contributed by atoms with van der Waals surface area (Å²) < 4.78 is 6.64. The van der Waals surface area contributed by atoms with Crippen molar-refractivity contribution in [1.82, 2.24) is 4.98 Å². The van der Waals surface area contributed by atoms with Crippen molar-refractivity contribution >= 4 is 33.1 Å². The number of nitrogens with zero attached hydrogens (tertiary/aromatic N) is 1. The van der Waals surface area contributed by atoms with Crippen molar-refractivity contribution in [2.24, 2.45) is 0 Å². The van der Waals surface area contributed by atoms with Crippen LogP contribution in [-0.2, 0) is 16.1 Å². The van der Waals surface area contributed by atoms with Crippen molar-refractivity contribution in [2.75, 3.05) is 11.9 Å². The van der Waals surface area contributed by atoms with E-state index in [9.17, 15) is 4.79 Å². The molecule has 5 heteroatoms. The molecule has 0 bridgehead atoms. The van der Waals surface area contributed by atoms with Gasteiger partial charge in [0, 0.05) is 5.69 Å². The fraction of sp³-hybridized carbons (Fsp3) is 0.0909. The number of ether oxygens (including phenoxy) is 1. The van der Waals surface area contributed by atoms with Gasteiger partial charge in [0.2, 0.25) is 5.91 Å². The molecule has 0 fully saturated rings. The van der Waals surface area contributed by atoms with Gasteiger partial charge in [-0.05, 0) is 35.4 Å². The minimum atomic E-state index is -0.177. The lowest BCUT2D eigenvalue weighted by Gasteiger charge is -2.07. The van der Waals surface area contributed by atoms with E-state index in [1.54, 1.807) is 11.3 Å². The number of anilines is 1. The molecule has 3 aromatic carbocycles. The summed E-state index contributed by atoms with van der Waals surface area (Å²) in [4.78, 5) is 16.6. The van der Waals surface area contributed by atoms with Gasteiger partial charge in [-0.2, -0.15) is 0 Å². The van der Waals surface area contributed by atoms with Gasteiger partial charge >= 0.3 is 0 Å². The van der Waals surface area contributed by atoms with Crippen LogP contribution >= 0.6 is 11.3 Å². The molecule has 0 aliphatic rings. The number of nitrogens with one attached hydrogen (secondary N) is 1. The lowest BCUT2D eigenvalue weighted by molar-refractivity contribution is -0.121. The van der Waals surface area contributed by atoms with Gasteiger partial charge in [-0.1, -0.05) is 54.6 Å². The summed E-state index contributed by atoms with van der Waals surface area (Å²) in [7, 11) is 0. The van der Waals surface area contributed by atoms with Crippen LogP contribution in [0.4, 0.5) is 5.69 Å². The van der Waals surface area contributed by atoms with E-state index in [1.807, 2.05) is 66.7 Å². The Balaban J connectivity index is 1.29. The summed E-state index contributed by atoms with van der Waals surface area (Å²) in [5.74, 6) is -0.177. The van der Waals surface area contributed by atoms with Crippen LogP contribution in [0.15, 0.2) is 78.9 Å². The van der Waals surface area contributed by atoms with Crippen molar-refractivity contribution in [1.29, 1.82) is 0 Å². The van der Waals surface area contributed by atoms with Crippen LogP contribution in [0.3, 0.4) is 0 Å². The Kier molecular flexibility index (Phi) is 5.23. The van der Waals surface area contributed by atoms with E-state index in [0.717, 1.165) is 32.0 Å². The van der Waals surface area contributed by atoms with Crippen LogP contribution in [0.25, 0.3) is 21.3 Å². The van der Waals surface area contributed by atoms with Gasteiger partial charge in [0.1, 0.15) is 11.6 Å². The molecule has 0 unspecified atom stereocenters. The SMILES string of the molecule is O=C(COCc1nc2ccccc2s1)Nc1ccc(-c2ccccc2)cc1. The third kappa shape index (κ3) is 4.39. The Hall–Kier alpha value is -3.02. The average molecular weight is 374 g/mol. The van der Waals surface area contributed by atoms with Crippen LogP contribution in [0.2, 0.25) is 0 Å². The first-order valence-electron chi connectivity index (χ1n) is 8.65. The number of hydrogen-bond donors (Lipinski definition) is 1. The zero-order valence-electron chi connectivity index (χ0n) is 14.6. The minimum Gasteiger partial charge on any atom is -0.364 e. The number of benzene rings is 3. The fourth-order valence-electron chi connectivity index (χ4n) is 2.79. The molecule has 0 saturated heterocycles. The monoisotopic (exact) mass is 374 g/mol. The van der Waals surface area contributed by atoms with Gasteiger partial charge in [-0.25, -0.2) is 4.98 Å². The third-order valence-electron chi connectivity index (χ3n) is 4.07. The second-order valence-electron chi connectivity index (χ2n) is 6.06. The number of thiazole rings is 1. The molecule has 0 spiro atoms. The molecule has 0 aliphatic carbocycles. The Morgan fingerprint density at radius 1 is 0.889 bits per heavy atom. The van der Waals surface area contributed by atoms with E-state index in [0.29, 0.717) is 6.61 Å². The molecule has 4 rings (SSSR count). The van der Waals surface area contributed by atoms with Gasteiger partial charge in [-0.3, -0.25) is 4.79 Å². The molecule has 4 nitrogen and oxygen atoms in total. The van der Waals surface area contributed by atoms with Gasteiger partial charge < -0.3 is 10.1 Å². The van der Waals surface area contributed by atoms with Crippen LogP contribution in [0, 0.1) is 0 Å². The van der Waals surface area contributed by atoms with Crippen LogP contribution in [-0.4, -0.2) is 17.5 Å². The lowest BCUT2D eigenvalue weighted by atomic mass is 10.1. The predicted octanol–water partition coefficient (Wildman–Crippen LogP) is 5.12. The lowest BCUT2D eigenvalue weighted by Crippen LogP contribution is -2.18. The molecule has 134 valence electrons. The summed E-state index contributed by atoms with van der Waals surface area (Å²) in [6.45, 7) is 0.329. The van der Waals surface area contributed by atoms with Crippen molar-refractivity contribution in [3.8, 4) is 11.1 Å². The first-order chi connectivity index (χ1) is 13.3. The summed E-state index contributed by atoms with van der Waals surface area (Å²) in [6, 6.07) is 25.9. The molecule has 27 heavy (non-hydrogen) atoms. The number of hydrogen-bond acceptors (Lipinski definition) is 4. The topological polar surface area (TPSA) is 51.2 Å². The molecular formula is C22H18N2O2S. The molecule has 0 saturated carbocycles. The number of fused-ring (bicyclic) bond motifs is 1. The van der Waals surface area contributed by atoms with E-state index in [4.69, 9.17) is 4.74 Å². The Bertz CT molecular complexity index is 1010. The van der Waals surface area contributed by atoms with E-state index in [1.165, 1.54) is 0 Å². The predicted molar refractivity (Wildman–Crippen MR) is 110 cm³/mol. The molecule has 1 amide bonds. The Morgan fingerprint density at radius 3 is 2.37 bits per heavy atom. The summed E-state index contributed by atoms with van der Waals surface area (Å²) in [6.07, 6.45) is 0. The van der Waals surface area contributed by atoms with Crippen molar-refractivity contribution < 1.29 is 9.53 Å². The first-order valence-corrected chi connectivity index (χ1v) is 9.47.